The number of rotatable bonds is 4. The molecule has 1 heterocycles. The van der Waals surface area contributed by atoms with Gasteiger partial charge in [0.05, 0.1) is 0 Å². The number of carbonyl (C=O) groups excluding carboxylic acids is 2. The standard InChI is InChI=1S/C26H34N2O2/c1-18(2)19-6-8-21(9-7-19)25(30)28-16-14-23(15-17-28)27-24(29)20-10-12-22(13-11-20)26(3,4)5/h6-13,18,23H,14-17H2,1-5H3,(H,27,29). The fourth-order valence-corrected chi connectivity index (χ4v) is 3.81. The van der Waals surface area contributed by atoms with Crippen LogP contribution in [0.25, 0.3) is 0 Å². The zero-order chi connectivity index (χ0) is 21.9. The van der Waals surface area contributed by atoms with Gasteiger partial charge in [-0.2, -0.15) is 0 Å². The van der Waals surface area contributed by atoms with Gasteiger partial charge >= 0.3 is 0 Å². The van der Waals surface area contributed by atoms with Crippen LogP contribution >= 0.6 is 0 Å². The van der Waals surface area contributed by atoms with Crippen LogP contribution in [0, 0.1) is 0 Å². The summed E-state index contributed by atoms with van der Waals surface area (Å²) in [6, 6.07) is 15.9. The van der Waals surface area contributed by atoms with Crippen molar-refractivity contribution in [3.63, 3.8) is 0 Å². The lowest BCUT2D eigenvalue weighted by Crippen LogP contribution is -2.46. The minimum Gasteiger partial charge on any atom is -0.349 e. The van der Waals surface area contributed by atoms with Crippen molar-refractivity contribution in [2.45, 2.75) is 64.8 Å². The van der Waals surface area contributed by atoms with Gasteiger partial charge in [-0.25, -0.2) is 0 Å². The Labute approximate surface area is 180 Å². The first kappa shape index (κ1) is 22.1. The summed E-state index contributed by atoms with van der Waals surface area (Å²) < 4.78 is 0. The van der Waals surface area contributed by atoms with E-state index in [0.717, 1.165) is 18.4 Å². The molecule has 0 bridgehead atoms. The van der Waals surface area contributed by atoms with E-state index < -0.39 is 0 Å². The molecule has 30 heavy (non-hydrogen) atoms. The Hall–Kier alpha value is -2.62. The highest BCUT2D eigenvalue weighted by atomic mass is 16.2. The molecule has 0 atom stereocenters. The normalized spacial score (nSPS) is 15.3. The molecule has 2 aromatic carbocycles. The molecular formula is C26H34N2O2. The SMILES string of the molecule is CC(C)c1ccc(C(=O)N2CCC(NC(=O)c3ccc(C(C)(C)C)cc3)CC2)cc1. The van der Waals surface area contributed by atoms with Crippen LogP contribution in [-0.4, -0.2) is 35.8 Å². The molecule has 0 aromatic heterocycles. The van der Waals surface area contributed by atoms with Gasteiger partial charge in [0.2, 0.25) is 0 Å². The second-order valence-electron chi connectivity index (χ2n) is 9.64. The smallest absolute Gasteiger partial charge is 0.253 e. The van der Waals surface area contributed by atoms with Gasteiger partial charge in [-0.15, -0.1) is 0 Å². The molecule has 160 valence electrons. The predicted octanol–water partition coefficient (Wildman–Crippen LogP) is 5.14. The van der Waals surface area contributed by atoms with Crippen molar-refractivity contribution in [2.24, 2.45) is 0 Å². The summed E-state index contributed by atoms with van der Waals surface area (Å²) in [7, 11) is 0. The minimum absolute atomic E-state index is 0.0375. The third kappa shape index (κ3) is 5.29. The Morgan fingerprint density at radius 2 is 1.43 bits per heavy atom. The van der Waals surface area contributed by atoms with E-state index in [4.69, 9.17) is 0 Å². The number of amides is 2. The summed E-state index contributed by atoms with van der Waals surface area (Å²) >= 11 is 0. The number of hydrogen-bond donors (Lipinski definition) is 1. The molecule has 1 aliphatic heterocycles. The van der Waals surface area contributed by atoms with E-state index in [2.05, 4.69) is 39.9 Å². The lowest BCUT2D eigenvalue weighted by Gasteiger charge is -2.32. The van der Waals surface area contributed by atoms with Gasteiger partial charge in [0.15, 0.2) is 0 Å². The fraction of sp³-hybridized carbons (Fsp3) is 0.462. The third-order valence-corrected chi connectivity index (χ3v) is 5.95. The Bertz CT molecular complexity index is 869. The molecule has 4 nitrogen and oxygen atoms in total. The van der Waals surface area contributed by atoms with E-state index in [9.17, 15) is 9.59 Å². The van der Waals surface area contributed by atoms with Crippen molar-refractivity contribution in [3.05, 3.63) is 70.8 Å². The first-order chi connectivity index (χ1) is 14.1. The zero-order valence-corrected chi connectivity index (χ0v) is 18.9. The molecule has 4 heteroatoms. The van der Waals surface area contributed by atoms with Crippen molar-refractivity contribution in [3.8, 4) is 0 Å². The van der Waals surface area contributed by atoms with Crippen molar-refractivity contribution in [1.29, 1.82) is 0 Å². The summed E-state index contributed by atoms with van der Waals surface area (Å²) in [5, 5.41) is 3.14. The van der Waals surface area contributed by atoms with Crippen LogP contribution in [0.1, 0.15) is 85.2 Å². The molecule has 1 saturated heterocycles. The molecule has 1 N–H and O–H groups in total. The summed E-state index contributed by atoms with van der Waals surface area (Å²) in [4.78, 5) is 27.3. The average molecular weight is 407 g/mol. The zero-order valence-electron chi connectivity index (χ0n) is 18.9. The molecule has 1 aliphatic rings. The van der Waals surface area contributed by atoms with E-state index in [0.29, 0.717) is 24.6 Å². The molecule has 2 amide bonds. The molecule has 0 spiro atoms. The van der Waals surface area contributed by atoms with Gasteiger partial charge in [-0.05, 0) is 59.6 Å². The lowest BCUT2D eigenvalue weighted by molar-refractivity contribution is 0.0698. The first-order valence-corrected chi connectivity index (χ1v) is 11.0. The highest BCUT2D eigenvalue weighted by molar-refractivity contribution is 5.95. The number of benzene rings is 2. The van der Waals surface area contributed by atoms with Crippen LogP contribution in [0.5, 0.6) is 0 Å². The van der Waals surface area contributed by atoms with Crippen molar-refractivity contribution >= 4 is 11.8 Å². The molecule has 3 rings (SSSR count). The topological polar surface area (TPSA) is 49.4 Å². The number of hydrogen-bond acceptors (Lipinski definition) is 2. The maximum absolute atomic E-state index is 12.8. The molecule has 2 aromatic rings. The van der Waals surface area contributed by atoms with Gasteiger partial charge in [-0.1, -0.05) is 58.9 Å². The summed E-state index contributed by atoms with van der Waals surface area (Å²) in [5.74, 6) is 0.496. The summed E-state index contributed by atoms with van der Waals surface area (Å²) in [5.41, 5.74) is 3.95. The molecule has 0 aliphatic carbocycles. The van der Waals surface area contributed by atoms with Gasteiger partial charge in [-0.3, -0.25) is 9.59 Å². The van der Waals surface area contributed by atoms with E-state index in [1.165, 1.54) is 11.1 Å². The van der Waals surface area contributed by atoms with Gasteiger partial charge in [0.25, 0.3) is 11.8 Å². The van der Waals surface area contributed by atoms with Crippen LogP contribution < -0.4 is 5.32 Å². The second kappa shape index (κ2) is 9.03. The van der Waals surface area contributed by atoms with Crippen molar-refractivity contribution in [2.75, 3.05) is 13.1 Å². The number of piperidine rings is 1. The fourth-order valence-electron chi connectivity index (χ4n) is 3.81. The Balaban J connectivity index is 1.52. The van der Waals surface area contributed by atoms with Crippen LogP contribution in [0.3, 0.4) is 0 Å². The molecule has 0 saturated carbocycles. The Kier molecular flexibility index (Phi) is 6.64. The van der Waals surface area contributed by atoms with Crippen LogP contribution in [0.2, 0.25) is 0 Å². The van der Waals surface area contributed by atoms with Gasteiger partial charge in [0.1, 0.15) is 0 Å². The molecular weight excluding hydrogens is 372 g/mol. The largest absolute Gasteiger partial charge is 0.349 e. The van der Waals surface area contributed by atoms with Gasteiger partial charge in [0, 0.05) is 30.3 Å². The van der Waals surface area contributed by atoms with Crippen LogP contribution in [-0.2, 0) is 5.41 Å². The van der Waals surface area contributed by atoms with E-state index in [1.54, 1.807) is 0 Å². The van der Waals surface area contributed by atoms with Crippen molar-refractivity contribution in [1.82, 2.24) is 10.2 Å². The molecule has 0 radical (unpaired) electrons. The maximum Gasteiger partial charge on any atom is 0.253 e. The number of nitrogens with zero attached hydrogens (tertiary/aromatic N) is 1. The maximum atomic E-state index is 12.8. The van der Waals surface area contributed by atoms with Crippen LogP contribution in [0.15, 0.2) is 48.5 Å². The average Bonchev–Trinajstić information content (AvgIpc) is 2.73. The number of likely N-dealkylation sites (tertiary alicyclic amines) is 1. The first-order valence-electron chi connectivity index (χ1n) is 11.0. The minimum atomic E-state index is -0.0375. The van der Waals surface area contributed by atoms with Crippen LogP contribution in [0.4, 0.5) is 0 Å². The lowest BCUT2D eigenvalue weighted by atomic mass is 9.86. The quantitative estimate of drug-likeness (QED) is 0.764. The highest BCUT2D eigenvalue weighted by Crippen LogP contribution is 2.22. The highest BCUT2D eigenvalue weighted by Gasteiger charge is 2.25. The molecule has 1 fully saturated rings. The van der Waals surface area contributed by atoms with Crippen molar-refractivity contribution < 1.29 is 9.59 Å². The van der Waals surface area contributed by atoms with E-state index in [1.807, 2.05) is 53.4 Å². The summed E-state index contributed by atoms with van der Waals surface area (Å²) in [6.45, 7) is 12.1. The van der Waals surface area contributed by atoms with E-state index in [-0.39, 0.29) is 23.3 Å². The van der Waals surface area contributed by atoms with E-state index >= 15 is 0 Å². The predicted molar refractivity (Wildman–Crippen MR) is 122 cm³/mol. The molecule has 0 unspecified atom stereocenters. The summed E-state index contributed by atoms with van der Waals surface area (Å²) in [6.07, 6.45) is 1.56. The second-order valence-corrected chi connectivity index (χ2v) is 9.64. The third-order valence-electron chi connectivity index (χ3n) is 5.95. The Morgan fingerprint density at radius 3 is 1.93 bits per heavy atom. The monoisotopic (exact) mass is 406 g/mol. The number of carbonyl (C=O) groups is 2. The Morgan fingerprint density at radius 1 is 0.900 bits per heavy atom. The van der Waals surface area contributed by atoms with Gasteiger partial charge < -0.3 is 10.2 Å². The number of nitrogens with one attached hydrogen (secondary N) is 1.